The normalized spacial score (nSPS) is 17.7. The third kappa shape index (κ3) is 2.25. The fourth-order valence-electron chi connectivity index (χ4n) is 1.30. The van der Waals surface area contributed by atoms with Crippen LogP contribution in [0.1, 0.15) is 6.92 Å². The number of nitrogens with one attached hydrogen (secondary N) is 2. The molecule has 0 saturated carbocycles. The highest BCUT2D eigenvalue weighted by Gasteiger charge is 2.14. The minimum absolute atomic E-state index is 0.128. The van der Waals surface area contributed by atoms with Crippen LogP contribution in [0.2, 0.25) is 0 Å². The van der Waals surface area contributed by atoms with E-state index in [9.17, 15) is 4.79 Å². The maximum absolute atomic E-state index is 10.9. The van der Waals surface area contributed by atoms with Crippen molar-refractivity contribution in [2.24, 2.45) is 5.10 Å². The van der Waals surface area contributed by atoms with Gasteiger partial charge in [0.05, 0.1) is 0 Å². The minimum atomic E-state index is -0.128. The molecule has 0 bridgehead atoms. The first-order valence-corrected chi connectivity index (χ1v) is 5.56. The zero-order chi connectivity index (χ0) is 11.5. The molecule has 0 saturated heterocycles. The molecule has 2 N–H and O–H groups in total. The van der Waals surface area contributed by atoms with Gasteiger partial charge in [-0.05, 0) is 17.0 Å². The molecule has 1 heterocycles. The van der Waals surface area contributed by atoms with E-state index in [1.54, 1.807) is 0 Å². The van der Waals surface area contributed by atoms with Crippen LogP contribution in [-0.4, -0.2) is 11.1 Å². The summed E-state index contributed by atoms with van der Waals surface area (Å²) >= 11 is 1.39. The molecular formula is C11H11N3OS. The van der Waals surface area contributed by atoms with E-state index in [2.05, 4.69) is 22.4 Å². The Morgan fingerprint density at radius 1 is 1.50 bits per heavy atom. The summed E-state index contributed by atoms with van der Waals surface area (Å²) in [7, 11) is 0. The van der Waals surface area contributed by atoms with E-state index in [0.29, 0.717) is 5.17 Å². The standard InChI is InChI=1S/C11H11N3OS/c1-7-5-3-4-6-9(7)10-13-14-11(16-10)12-8(2)15/h3-6,13H,1H2,2H3,(H,12,14,15). The summed E-state index contributed by atoms with van der Waals surface area (Å²) in [5.41, 5.74) is 2.88. The van der Waals surface area contributed by atoms with Crippen molar-refractivity contribution in [1.82, 2.24) is 10.7 Å². The first kappa shape index (κ1) is 10.8. The number of hydrazone groups is 1. The van der Waals surface area contributed by atoms with Crippen molar-refractivity contribution in [3.63, 3.8) is 0 Å². The van der Waals surface area contributed by atoms with Gasteiger partial charge in [0.25, 0.3) is 0 Å². The van der Waals surface area contributed by atoms with Crippen molar-refractivity contribution in [3.8, 4) is 0 Å². The van der Waals surface area contributed by atoms with Gasteiger partial charge >= 0.3 is 0 Å². The molecule has 0 fully saturated rings. The molecule has 1 aromatic rings. The van der Waals surface area contributed by atoms with E-state index >= 15 is 0 Å². The average Bonchev–Trinajstić information content (AvgIpc) is 2.66. The van der Waals surface area contributed by atoms with Crippen molar-refractivity contribution in [2.75, 3.05) is 0 Å². The Balaban J connectivity index is 2.30. The van der Waals surface area contributed by atoms with E-state index in [-0.39, 0.29) is 5.91 Å². The SMILES string of the molecule is C=c1ccccc1=C1NN=C(NC(C)=O)S1. The molecule has 4 nitrogen and oxygen atoms in total. The van der Waals surface area contributed by atoms with Crippen LogP contribution in [0.15, 0.2) is 29.4 Å². The third-order valence-electron chi connectivity index (χ3n) is 2.00. The van der Waals surface area contributed by atoms with Gasteiger partial charge in [-0.15, -0.1) is 5.10 Å². The fraction of sp³-hybridized carbons (Fsp3) is 0.0909. The molecule has 1 amide bonds. The Morgan fingerprint density at radius 2 is 2.25 bits per heavy atom. The van der Waals surface area contributed by atoms with Crippen LogP contribution in [0.25, 0.3) is 11.6 Å². The predicted octanol–water partition coefficient (Wildman–Crippen LogP) is -0.0939. The van der Waals surface area contributed by atoms with E-state index in [4.69, 9.17) is 0 Å². The smallest absolute Gasteiger partial charge is 0.222 e. The largest absolute Gasteiger partial charge is 0.304 e. The van der Waals surface area contributed by atoms with Gasteiger partial charge in [-0.25, -0.2) is 0 Å². The topological polar surface area (TPSA) is 53.5 Å². The molecule has 16 heavy (non-hydrogen) atoms. The van der Waals surface area contributed by atoms with E-state index < -0.39 is 0 Å². The van der Waals surface area contributed by atoms with Crippen molar-refractivity contribution >= 4 is 34.4 Å². The second-order valence-electron chi connectivity index (χ2n) is 3.30. The highest BCUT2D eigenvalue weighted by molar-refractivity contribution is 8.21. The summed E-state index contributed by atoms with van der Waals surface area (Å²) in [6.45, 7) is 5.39. The Bertz CT molecular complexity index is 565. The van der Waals surface area contributed by atoms with Crippen LogP contribution in [0.3, 0.4) is 0 Å². The van der Waals surface area contributed by atoms with E-state index in [1.165, 1.54) is 18.7 Å². The summed E-state index contributed by atoms with van der Waals surface area (Å²) in [4.78, 5) is 10.9. The number of hydrogen-bond acceptors (Lipinski definition) is 4. The van der Waals surface area contributed by atoms with Gasteiger partial charge < -0.3 is 5.32 Å². The number of nitrogens with zero attached hydrogens (tertiary/aromatic N) is 1. The van der Waals surface area contributed by atoms with Gasteiger partial charge in [-0.1, -0.05) is 30.8 Å². The Morgan fingerprint density at radius 3 is 2.94 bits per heavy atom. The summed E-state index contributed by atoms with van der Waals surface area (Å²) in [5.74, 6) is -0.128. The second-order valence-corrected chi connectivity index (χ2v) is 4.30. The van der Waals surface area contributed by atoms with Gasteiger partial charge in [-0.3, -0.25) is 10.2 Å². The quantitative estimate of drug-likeness (QED) is 0.658. The van der Waals surface area contributed by atoms with Gasteiger partial charge in [0, 0.05) is 12.1 Å². The first-order chi connectivity index (χ1) is 7.66. The van der Waals surface area contributed by atoms with E-state index in [1.807, 2.05) is 24.3 Å². The molecule has 0 spiro atoms. The minimum Gasteiger partial charge on any atom is -0.304 e. The zero-order valence-electron chi connectivity index (χ0n) is 8.78. The number of amides is 1. The van der Waals surface area contributed by atoms with Crippen molar-refractivity contribution < 1.29 is 4.79 Å². The molecule has 1 aromatic carbocycles. The summed E-state index contributed by atoms with van der Waals surface area (Å²) < 4.78 is 0. The van der Waals surface area contributed by atoms with Gasteiger partial charge in [0.15, 0.2) is 5.17 Å². The van der Waals surface area contributed by atoms with Crippen LogP contribution in [-0.2, 0) is 4.79 Å². The maximum Gasteiger partial charge on any atom is 0.222 e. The molecule has 0 unspecified atom stereocenters. The third-order valence-corrected chi connectivity index (χ3v) is 2.90. The second kappa shape index (κ2) is 4.40. The summed E-state index contributed by atoms with van der Waals surface area (Å²) in [6, 6.07) is 7.77. The van der Waals surface area contributed by atoms with Crippen molar-refractivity contribution in [1.29, 1.82) is 0 Å². The highest BCUT2D eigenvalue weighted by Crippen LogP contribution is 2.18. The number of amidine groups is 1. The zero-order valence-corrected chi connectivity index (χ0v) is 9.60. The molecule has 0 atom stereocenters. The monoisotopic (exact) mass is 233 g/mol. The Hall–Kier alpha value is -1.75. The lowest BCUT2D eigenvalue weighted by molar-refractivity contribution is -0.117. The van der Waals surface area contributed by atoms with Crippen LogP contribution in [0.4, 0.5) is 0 Å². The lowest BCUT2D eigenvalue weighted by atomic mass is 10.2. The number of hydrogen-bond donors (Lipinski definition) is 2. The highest BCUT2D eigenvalue weighted by atomic mass is 32.2. The summed E-state index contributed by atoms with van der Waals surface area (Å²) in [6.07, 6.45) is 0. The molecule has 1 aliphatic rings. The lowest BCUT2D eigenvalue weighted by Gasteiger charge is -1.97. The van der Waals surface area contributed by atoms with Crippen LogP contribution < -0.4 is 21.2 Å². The summed E-state index contributed by atoms with van der Waals surface area (Å²) in [5, 5.41) is 10.0. The van der Waals surface area contributed by atoms with Gasteiger partial charge in [0.1, 0.15) is 5.03 Å². The van der Waals surface area contributed by atoms with Crippen molar-refractivity contribution in [2.45, 2.75) is 6.92 Å². The fourth-order valence-corrected chi connectivity index (χ4v) is 2.18. The predicted molar refractivity (Wildman–Crippen MR) is 66.6 cm³/mol. The van der Waals surface area contributed by atoms with E-state index in [0.717, 1.165) is 15.5 Å². The van der Waals surface area contributed by atoms with Gasteiger partial charge in [0.2, 0.25) is 5.91 Å². The van der Waals surface area contributed by atoms with Gasteiger partial charge in [-0.2, -0.15) is 0 Å². The molecule has 0 aromatic heterocycles. The number of carbonyl (C=O) groups excluding carboxylic acids is 1. The molecular weight excluding hydrogens is 222 g/mol. The maximum atomic E-state index is 10.9. The first-order valence-electron chi connectivity index (χ1n) is 4.74. The molecule has 1 aliphatic heterocycles. The molecule has 0 aliphatic carbocycles. The number of benzene rings is 1. The lowest BCUT2D eigenvalue weighted by Crippen LogP contribution is -2.27. The number of thioether (sulfide) groups is 1. The molecule has 2 rings (SSSR count). The molecule has 82 valence electrons. The van der Waals surface area contributed by atoms with Crippen LogP contribution >= 0.6 is 11.8 Å². The molecule has 5 heteroatoms. The average molecular weight is 233 g/mol. The number of carbonyl (C=O) groups is 1. The van der Waals surface area contributed by atoms with Crippen molar-refractivity contribution in [3.05, 3.63) is 34.7 Å². The van der Waals surface area contributed by atoms with Crippen LogP contribution in [0.5, 0.6) is 0 Å². The Labute approximate surface area is 97.1 Å². The molecule has 0 radical (unpaired) electrons. The van der Waals surface area contributed by atoms with Crippen LogP contribution in [0, 0.1) is 0 Å². The number of rotatable bonds is 0. The Kier molecular flexibility index (Phi) is 2.96.